The van der Waals surface area contributed by atoms with Crippen molar-refractivity contribution in [3.63, 3.8) is 0 Å². The van der Waals surface area contributed by atoms with Crippen molar-refractivity contribution < 1.29 is 23.6 Å². The topological polar surface area (TPSA) is 110 Å². The van der Waals surface area contributed by atoms with E-state index in [2.05, 4.69) is 20.4 Å². The largest absolute Gasteiger partial charge is 0.490 e. The highest BCUT2D eigenvalue weighted by Gasteiger charge is 2.23. The number of hydrogen-bond donors (Lipinski definition) is 1. The molecule has 0 atom stereocenters. The lowest BCUT2D eigenvalue weighted by Gasteiger charge is -2.34. The van der Waals surface area contributed by atoms with E-state index in [0.717, 1.165) is 4.88 Å². The van der Waals surface area contributed by atoms with E-state index in [-0.39, 0.29) is 18.4 Å². The quantitative estimate of drug-likeness (QED) is 0.453. The predicted octanol–water partition coefficient (Wildman–Crippen LogP) is 2.67. The number of nitrogens with zero attached hydrogens (tertiary/aromatic N) is 4. The van der Waals surface area contributed by atoms with E-state index in [1.165, 1.54) is 0 Å². The van der Waals surface area contributed by atoms with E-state index >= 15 is 0 Å². The third kappa shape index (κ3) is 6.37. The van der Waals surface area contributed by atoms with Crippen LogP contribution in [0.5, 0.6) is 11.5 Å². The molecule has 1 saturated heterocycles. The van der Waals surface area contributed by atoms with Crippen molar-refractivity contribution in [2.75, 3.05) is 45.9 Å². The Balaban J connectivity index is 1.23. The van der Waals surface area contributed by atoms with Gasteiger partial charge in [-0.1, -0.05) is 11.2 Å². The average molecular weight is 500 g/mol. The minimum Gasteiger partial charge on any atom is -0.490 e. The SMILES string of the molecule is CCOc1ccc(C(=O)NCC(=O)N2CCN(Cc3nc(-c4cccs4)no3)CC2)cc1OCC. The maximum atomic E-state index is 12.7. The summed E-state index contributed by atoms with van der Waals surface area (Å²) in [5, 5.41) is 8.72. The molecule has 1 aromatic carbocycles. The molecule has 2 aromatic heterocycles. The summed E-state index contributed by atoms with van der Waals surface area (Å²) in [6.45, 7) is 7.69. The number of rotatable bonds is 10. The van der Waals surface area contributed by atoms with Crippen molar-refractivity contribution in [2.45, 2.75) is 20.4 Å². The predicted molar refractivity (Wildman–Crippen MR) is 131 cm³/mol. The van der Waals surface area contributed by atoms with Gasteiger partial charge in [0.1, 0.15) is 0 Å². The standard InChI is InChI=1S/C24H29N5O5S/c1-3-32-18-8-7-17(14-19(18)33-4-2)24(31)25-15-22(30)29-11-9-28(10-12-29)16-21-26-23(27-34-21)20-6-5-13-35-20/h5-8,13-14H,3-4,9-12,15-16H2,1-2H3,(H,25,31). The molecule has 4 rings (SSSR count). The van der Waals surface area contributed by atoms with Crippen LogP contribution in [0.4, 0.5) is 0 Å². The fourth-order valence-electron chi connectivity index (χ4n) is 3.73. The molecule has 0 spiro atoms. The van der Waals surface area contributed by atoms with Gasteiger partial charge in [-0.3, -0.25) is 14.5 Å². The number of nitrogens with one attached hydrogen (secondary N) is 1. The summed E-state index contributed by atoms with van der Waals surface area (Å²) < 4.78 is 16.5. The first-order chi connectivity index (χ1) is 17.1. The van der Waals surface area contributed by atoms with Gasteiger partial charge in [-0.15, -0.1) is 11.3 Å². The van der Waals surface area contributed by atoms with Gasteiger partial charge >= 0.3 is 0 Å². The molecule has 1 aliphatic rings. The summed E-state index contributed by atoms with van der Waals surface area (Å²) in [6, 6.07) is 8.90. The van der Waals surface area contributed by atoms with Crippen LogP contribution in [0.15, 0.2) is 40.2 Å². The first-order valence-electron chi connectivity index (χ1n) is 11.6. The number of ether oxygens (including phenoxy) is 2. The normalized spacial score (nSPS) is 14.1. The second kappa shape index (κ2) is 11.8. The molecule has 11 heteroatoms. The zero-order chi connectivity index (χ0) is 24.6. The molecule has 35 heavy (non-hydrogen) atoms. The third-order valence-corrected chi connectivity index (χ3v) is 6.37. The zero-order valence-corrected chi connectivity index (χ0v) is 20.7. The Bertz CT molecular complexity index is 1130. The third-order valence-electron chi connectivity index (χ3n) is 5.50. The molecule has 3 aromatic rings. The average Bonchev–Trinajstić information content (AvgIpc) is 3.56. The van der Waals surface area contributed by atoms with E-state index in [0.29, 0.717) is 74.7 Å². The van der Waals surface area contributed by atoms with Crippen molar-refractivity contribution in [1.29, 1.82) is 0 Å². The Morgan fingerprint density at radius 2 is 1.86 bits per heavy atom. The van der Waals surface area contributed by atoms with E-state index in [9.17, 15) is 9.59 Å². The summed E-state index contributed by atoms with van der Waals surface area (Å²) in [6.07, 6.45) is 0. The molecule has 1 aliphatic heterocycles. The van der Waals surface area contributed by atoms with Crippen LogP contribution in [-0.4, -0.2) is 77.7 Å². The molecule has 3 heterocycles. The second-order valence-electron chi connectivity index (χ2n) is 7.86. The van der Waals surface area contributed by atoms with Gasteiger partial charge in [0.15, 0.2) is 11.5 Å². The van der Waals surface area contributed by atoms with Gasteiger partial charge in [0, 0.05) is 31.7 Å². The molecule has 186 valence electrons. The second-order valence-corrected chi connectivity index (χ2v) is 8.80. The Labute approximate surface area is 207 Å². The molecule has 1 N–H and O–H groups in total. The van der Waals surface area contributed by atoms with Gasteiger partial charge in [-0.05, 0) is 43.5 Å². The molecule has 0 radical (unpaired) electrons. The van der Waals surface area contributed by atoms with Gasteiger partial charge in [0.05, 0.1) is 31.2 Å². The number of amides is 2. The summed E-state index contributed by atoms with van der Waals surface area (Å²) in [7, 11) is 0. The number of hydrogen-bond acceptors (Lipinski definition) is 9. The Hall–Kier alpha value is -3.44. The number of benzene rings is 1. The summed E-state index contributed by atoms with van der Waals surface area (Å²) in [5.41, 5.74) is 0.413. The first-order valence-corrected chi connectivity index (χ1v) is 12.5. The van der Waals surface area contributed by atoms with Crippen LogP contribution in [0.1, 0.15) is 30.1 Å². The van der Waals surface area contributed by atoms with Crippen LogP contribution in [0.25, 0.3) is 10.7 Å². The lowest BCUT2D eigenvalue weighted by atomic mass is 10.2. The maximum absolute atomic E-state index is 12.7. The van der Waals surface area contributed by atoms with Gasteiger partial charge < -0.3 is 24.2 Å². The number of aromatic nitrogens is 2. The molecule has 0 unspecified atom stereocenters. The minimum atomic E-state index is -0.334. The molecule has 1 fully saturated rings. The van der Waals surface area contributed by atoms with Gasteiger partial charge in [0.2, 0.25) is 17.6 Å². The maximum Gasteiger partial charge on any atom is 0.251 e. The lowest BCUT2D eigenvalue weighted by molar-refractivity contribution is -0.131. The first kappa shape index (κ1) is 24.7. The molecule has 0 saturated carbocycles. The molecule has 0 bridgehead atoms. The van der Waals surface area contributed by atoms with E-state index in [1.54, 1.807) is 34.4 Å². The van der Waals surface area contributed by atoms with Crippen molar-refractivity contribution >= 4 is 23.2 Å². The van der Waals surface area contributed by atoms with Crippen molar-refractivity contribution in [3.05, 3.63) is 47.2 Å². The van der Waals surface area contributed by atoms with Crippen LogP contribution < -0.4 is 14.8 Å². The number of piperazine rings is 1. The zero-order valence-electron chi connectivity index (χ0n) is 19.9. The molecule has 2 amide bonds. The van der Waals surface area contributed by atoms with Gasteiger partial charge in [0.25, 0.3) is 5.91 Å². The number of carbonyl (C=O) groups excluding carboxylic acids is 2. The fourth-order valence-corrected chi connectivity index (χ4v) is 4.38. The Morgan fingerprint density at radius 3 is 2.57 bits per heavy atom. The molecular weight excluding hydrogens is 470 g/mol. The highest BCUT2D eigenvalue weighted by Crippen LogP contribution is 2.28. The monoisotopic (exact) mass is 499 g/mol. The van der Waals surface area contributed by atoms with E-state index in [4.69, 9.17) is 14.0 Å². The fraction of sp³-hybridized carbons (Fsp3) is 0.417. The summed E-state index contributed by atoms with van der Waals surface area (Å²) >= 11 is 1.56. The van der Waals surface area contributed by atoms with E-state index < -0.39 is 0 Å². The van der Waals surface area contributed by atoms with Crippen LogP contribution in [0, 0.1) is 0 Å². The smallest absolute Gasteiger partial charge is 0.251 e. The lowest BCUT2D eigenvalue weighted by Crippen LogP contribution is -2.50. The van der Waals surface area contributed by atoms with Crippen molar-refractivity contribution in [1.82, 2.24) is 25.3 Å². The van der Waals surface area contributed by atoms with Gasteiger partial charge in [-0.2, -0.15) is 4.98 Å². The summed E-state index contributed by atoms with van der Waals surface area (Å²) in [4.78, 5) is 34.6. The van der Waals surface area contributed by atoms with Crippen molar-refractivity contribution in [2.24, 2.45) is 0 Å². The Morgan fingerprint density at radius 1 is 1.09 bits per heavy atom. The summed E-state index contributed by atoms with van der Waals surface area (Å²) in [5.74, 6) is 1.80. The highest BCUT2D eigenvalue weighted by molar-refractivity contribution is 7.13. The molecular formula is C24H29N5O5S. The minimum absolute atomic E-state index is 0.0656. The van der Waals surface area contributed by atoms with Crippen molar-refractivity contribution in [3.8, 4) is 22.2 Å². The van der Waals surface area contributed by atoms with Crippen LogP contribution >= 0.6 is 11.3 Å². The van der Waals surface area contributed by atoms with Crippen LogP contribution in [0.2, 0.25) is 0 Å². The molecule has 10 nitrogen and oxygen atoms in total. The number of thiophene rings is 1. The molecule has 0 aliphatic carbocycles. The highest BCUT2D eigenvalue weighted by atomic mass is 32.1. The Kier molecular flexibility index (Phi) is 8.32. The van der Waals surface area contributed by atoms with Gasteiger partial charge in [-0.25, -0.2) is 0 Å². The van der Waals surface area contributed by atoms with Crippen LogP contribution in [0.3, 0.4) is 0 Å². The number of carbonyl (C=O) groups is 2. The van der Waals surface area contributed by atoms with Crippen LogP contribution in [-0.2, 0) is 11.3 Å². The van der Waals surface area contributed by atoms with E-state index in [1.807, 2.05) is 31.4 Å².